The summed E-state index contributed by atoms with van der Waals surface area (Å²) in [7, 11) is 0. The van der Waals surface area contributed by atoms with E-state index in [1.807, 2.05) is 0 Å². The number of Topliss-reactive ketones (excluding diaryl/α,β-unsaturated/α-hetero) is 1. The molecule has 0 heterocycles. The van der Waals surface area contributed by atoms with Gasteiger partial charge in [0.2, 0.25) is 5.78 Å². The van der Waals surface area contributed by atoms with E-state index >= 15 is 0 Å². The van der Waals surface area contributed by atoms with Crippen LogP contribution in [0.4, 0.5) is 0 Å². The van der Waals surface area contributed by atoms with Gasteiger partial charge >= 0.3 is 51.4 Å². The van der Waals surface area contributed by atoms with Gasteiger partial charge in [-0.2, -0.15) is 0 Å². The minimum absolute atomic E-state index is 0. The van der Waals surface area contributed by atoms with Gasteiger partial charge < -0.3 is 9.90 Å². The Hall–Kier alpha value is -0.00364. The molecule has 0 aliphatic rings. The third-order valence-corrected chi connectivity index (χ3v) is 1.47. The maximum Gasteiger partial charge on any atom is 1.00 e. The molecule has 0 saturated carbocycles. The fourth-order valence-corrected chi connectivity index (χ4v) is 0.904. The third-order valence-electron chi connectivity index (χ3n) is 1.47. The zero-order chi connectivity index (χ0) is 9.14. The van der Waals surface area contributed by atoms with E-state index < -0.39 is 11.8 Å². The second-order valence-corrected chi connectivity index (χ2v) is 2.49. The van der Waals surface area contributed by atoms with Crippen LogP contribution in [0.15, 0.2) is 24.3 Å². The molecular formula is C9H7KO3. The number of aryl methyl sites for hydroxylation is 1. The van der Waals surface area contributed by atoms with Crippen molar-refractivity contribution in [3.63, 3.8) is 0 Å². The van der Waals surface area contributed by atoms with Crippen molar-refractivity contribution in [2.45, 2.75) is 6.92 Å². The van der Waals surface area contributed by atoms with Crippen molar-refractivity contribution in [3.05, 3.63) is 35.4 Å². The Morgan fingerprint density at radius 2 is 1.92 bits per heavy atom. The van der Waals surface area contributed by atoms with Crippen molar-refractivity contribution in [2.24, 2.45) is 0 Å². The first-order chi connectivity index (χ1) is 5.61. The predicted octanol–water partition coefficient (Wildman–Crippen LogP) is -3.07. The van der Waals surface area contributed by atoms with E-state index in [2.05, 4.69) is 0 Å². The van der Waals surface area contributed by atoms with Crippen LogP contribution in [0.1, 0.15) is 15.9 Å². The van der Waals surface area contributed by atoms with Crippen molar-refractivity contribution in [1.82, 2.24) is 0 Å². The molecule has 0 aromatic heterocycles. The van der Waals surface area contributed by atoms with E-state index in [1.54, 1.807) is 19.1 Å². The van der Waals surface area contributed by atoms with Crippen LogP contribution in [0.5, 0.6) is 0 Å². The molecule has 1 aromatic rings. The van der Waals surface area contributed by atoms with Crippen LogP contribution in [0, 0.1) is 6.92 Å². The average Bonchev–Trinajstić information content (AvgIpc) is 2.03. The Bertz CT molecular complexity index is 333. The molecule has 3 nitrogen and oxygen atoms in total. The third kappa shape index (κ3) is 3.70. The Morgan fingerprint density at radius 1 is 1.31 bits per heavy atom. The zero-order valence-electron chi connectivity index (χ0n) is 7.53. The second-order valence-electron chi connectivity index (χ2n) is 2.49. The minimum Gasteiger partial charge on any atom is -0.541 e. The number of rotatable bonds is 2. The summed E-state index contributed by atoms with van der Waals surface area (Å²) in [4.78, 5) is 21.0. The number of aliphatic carboxylic acids is 1. The number of carboxylic acids is 1. The Balaban J connectivity index is 0.00000144. The van der Waals surface area contributed by atoms with Crippen LogP contribution in [0.25, 0.3) is 0 Å². The standard InChI is InChI=1S/C9H8O3.K/c1-6-3-2-4-7(5-6)8(10)9(11)12;/h2-5H,1H3,(H,11,12);/q;+1/p-1. The largest absolute Gasteiger partial charge is 1.00 e. The normalized spacial score (nSPS) is 8.69. The number of hydrogen-bond acceptors (Lipinski definition) is 3. The Labute approximate surface area is 119 Å². The molecule has 0 fully saturated rings. The van der Waals surface area contributed by atoms with Crippen molar-refractivity contribution in [2.75, 3.05) is 0 Å². The van der Waals surface area contributed by atoms with Crippen molar-refractivity contribution < 1.29 is 66.1 Å². The summed E-state index contributed by atoms with van der Waals surface area (Å²) in [5.74, 6) is -2.64. The number of carbonyl (C=O) groups excluding carboxylic acids is 2. The number of ketones is 1. The Kier molecular flexibility index (Phi) is 5.67. The van der Waals surface area contributed by atoms with Crippen molar-refractivity contribution in [3.8, 4) is 0 Å². The fraction of sp³-hybridized carbons (Fsp3) is 0.111. The van der Waals surface area contributed by atoms with Crippen LogP contribution < -0.4 is 56.5 Å². The molecular weight excluding hydrogens is 195 g/mol. The zero-order valence-corrected chi connectivity index (χ0v) is 10.7. The number of carbonyl (C=O) groups is 2. The number of hydrogen-bond donors (Lipinski definition) is 0. The maximum atomic E-state index is 10.8. The second kappa shape index (κ2) is 5.67. The monoisotopic (exact) mass is 202 g/mol. The van der Waals surface area contributed by atoms with Crippen LogP contribution in [0.2, 0.25) is 0 Å². The van der Waals surface area contributed by atoms with Gasteiger partial charge in [-0.15, -0.1) is 0 Å². The van der Waals surface area contributed by atoms with Gasteiger partial charge in [-0.3, -0.25) is 4.79 Å². The van der Waals surface area contributed by atoms with Crippen molar-refractivity contribution >= 4 is 11.8 Å². The van der Waals surface area contributed by atoms with Crippen LogP contribution in [-0.2, 0) is 4.79 Å². The smallest absolute Gasteiger partial charge is 0.541 e. The van der Waals surface area contributed by atoms with Crippen LogP contribution in [0.3, 0.4) is 0 Å². The summed E-state index contributed by atoms with van der Waals surface area (Å²) in [6.07, 6.45) is 0. The number of benzene rings is 1. The summed E-state index contributed by atoms with van der Waals surface area (Å²) >= 11 is 0. The molecule has 0 aliphatic heterocycles. The topological polar surface area (TPSA) is 57.2 Å². The molecule has 0 saturated heterocycles. The molecule has 0 aliphatic carbocycles. The quantitative estimate of drug-likeness (QED) is 0.290. The molecule has 1 aromatic carbocycles. The van der Waals surface area contributed by atoms with Crippen molar-refractivity contribution in [1.29, 1.82) is 0 Å². The SMILES string of the molecule is Cc1cccc(C(=O)C(=O)[O-])c1.[K+]. The van der Waals surface area contributed by atoms with Gasteiger partial charge in [0.05, 0.1) is 0 Å². The van der Waals surface area contributed by atoms with E-state index in [9.17, 15) is 14.7 Å². The average molecular weight is 202 g/mol. The fourth-order valence-electron chi connectivity index (χ4n) is 0.904. The Morgan fingerprint density at radius 3 is 2.38 bits per heavy atom. The summed E-state index contributed by atoms with van der Waals surface area (Å²) in [6, 6.07) is 6.38. The van der Waals surface area contributed by atoms with E-state index in [1.165, 1.54) is 12.1 Å². The first-order valence-corrected chi connectivity index (χ1v) is 3.43. The molecule has 0 radical (unpaired) electrons. The summed E-state index contributed by atoms with van der Waals surface area (Å²) in [5.41, 5.74) is 1.01. The molecule has 13 heavy (non-hydrogen) atoms. The molecule has 0 unspecified atom stereocenters. The molecule has 0 spiro atoms. The van der Waals surface area contributed by atoms with Gasteiger partial charge in [-0.1, -0.05) is 23.8 Å². The van der Waals surface area contributed by atoms with Crippen LogP contribution in [-0.4, -0.2) is 11.8 Å². The van der Waals surface area contributed by atoms with Gasteiger partial charge in [0.1, 0.15) is 5.97 Å². The molecule has 0 atom stereocenters. The molecule has 4 heteroatoms. The van der Waals surface area contributed by atoms with E-state index in [4.69, 9.17) is 0 Å². The van der Waals surface area contributed by atoms with E-state index in [0.29, 0.717) is 0 Å². The summed E-state index contributed by atoms with van der Waals surface area (Å²) in [5, 5.41) is 10.2. The molecule has 0 bridgehead atoms. The summed E-state index contributed by atoms with van der Waals surface area (Å²) in [6.45, 7) is 1.78. The first kappa shape index (κ1) is 13.0. The molecule has 0 amide bonds. The summed E-state index contributed by atoms with van der Waals surface area (Å²) < 4.78 is 0. The molecule has 1 rings (SSSR count). The molecule has 0 N–H and O–H groups in total. The maximum absolute atomic E-state index is 10.8. The van der Waals surface area contributed by atoms with Gasteiger partial charge in [0, 0.05) is 5.56 Å². The first-order valence-electron chi connectivity index (χ1n) is 3.43. The van der Waals surface area contributed by atoms with Gasteiger partial charge in [-0.25, -0.2) is 0 Å². The predicted molar refractivity (Wildman–Crippen MR) is 40.5 cm³/mol. The molecule has 62 valence electrons. The number of carboxylic acid groups (broad SMARTS) is 1. The van der Waals surface area contributed by atoms with Gasteiger partial charge in [0.25, 0.3) is 0 Å². The van der Waals surface area contributed by atoms with E-state index in [-0.39, 0.29) is 56.9 Å². The van der Waals surface area contributed by atoms with E-state index in [0.717, 1.165) is 5.56 Å². The van der Waals surface area contributed by atoms with Crippen LogP contribution >= 0.6 is 0 Å². The van der Waals surface area contributed by atoms with Gasteiger partial charge in [-0.05, 0) is 13.0 Å². The van der Waals surface area contributed by atoms with Gasteiger partial charge in [0.15, 0.2) is 0 Å². The minimum atomic E-state index is -1.67.